The molecule has 7 nitrogen and oxygen atoms in total. The van der Waals surface area contributed by atoms with Gasteiger partial charge in [0, 0.05) is 46.9 Å². The lowest BCUT2D eigenvalue weighted by Crippen LogP contribution is -2.49. The van der Waals surface area contributed by atoms with Gasteiger partial charge in [-0.1, -0.05) is 33.6 Å². The fourth-order valence-corrected chi connectivity index (χ4v) is 3.58. The third kappa shape index (κ3) is 4.34. The molecular formula is C19H18BrClN6O. The highest BCUT2D eigenvalue weighted by Crippen LogP contribution is 2.21. The Morgan fingerprint density at radius 1 is 1.07 bits per heavy atom. The molecule has 4 rings (SSSR count). The molecule has 1 saturated heterocycles. The van der Waals surface area contributed by atoms with Crippen molar-refractivity contribution < 1.29 is 4.79 Å². The summed E-state index contributed by atoms with van der Waals surface area (Å²) in [4.78, 5) is 18.0. The van der Waals surface area contributed by atoms with Gasteiger partial charge in [-0.05, 0) is 47.7 Å². The van der Waals surface area contributed by atoms with Gasteiger partial charge in [0.15, 0.2) is 0 Å². The Hall–Kier alpha value is -2.45. The Labute approximate surface area is 176 Å². The molecule has 0 bridgehead atoms. The van der Waals surface area contributed by atoms with Crippen molar-refractivity contribution >= 4 is 39.1 Å². The summed E-state index contributed by atoms with van der Waals surface area (Å²) in [5, 5.41) is 13.1. The third-order valence-corrected chi connectivity index (χ3v) is 5.40. The van der Waals surface area contributed by atoms with Crippen LogP contribution in [-0.4, -0.2) is 57.2 Å². The zero-order valence-corrected chi connectivity index (χ0v) is 17.3. The first-order valence-electron chi connectivity index (χ1n) is 8.90. The van der Waals surface area contributed by atoms with E-state index in [0.29, 0.717) is 18.9 Å². The molecule has 0 atom stereocenters. The lowest BCUT2D eigenvalue weighted by molar-refractivity contribution is -0.132. The topological polar surface area (TPSA) is 67.2 Å². The second-order valence-corrected chi connectivity index (χ2v) is 7.85. The van der Waals surface area contributed by atoms with Gasteiger partial charge in [0.1, 0.15) is 6.54 Å². The number of tetrazole rings is 1. The largest absolute Gasteiger partial charge is 0.368 e. The van der Waals surface area contributed by atoms with E-state index in [1.54, 1.807) is 0 Å². The first-order valence-corrected chi connectivity index (χ1v) is 10.1. The number of hydrogen-bond donors (Lipinski definition) is 0. The van der Waals surface area contributed by atoms with Crippen LogP contribution >= 0.6 is 27.5 Å². The monoisotopic (exact) mass is 460 g/mol. The van der Waals surface area contributed by atoms with Crippen LogP contribution in [0.1, 0.15) is 0 Å². The van der Waals surface area contributed by atoms with E-state index in [4.69, 9.17) is 11.6 Å². The summed E-state index contributed by atoms with van der Waals surface area (Å²) in [6.45, 7) is 2.92. The van der Waals surface area contributed by atoms with Gasteiger partial charge >= 0.3 is 0 Å². The molecule has 28 heavy (non-hydrogen) atoms. The number of carbonyl (C=O) groups excluding carboxylic acids is 1. The van der Waals surface area contributed by atoms with Gasteiger partial charge in [0.05, 0.1) is 0 Å². The zero-order valence-electron chi connectivity index (χ0n) is 15.0. The van der Waals surface area contributed by atoms with E-state index in [1.807, 2.05) is 53.4 Å². The van der Waals surface area contributed by atoms with E-state index in [1.165, 1.54) is 4.80 Å². The minimum Gasteiger partial charge on any atom is -0.368 e. The van der Waals surface area contributed by atoms with E-state index in [2.05, 4.69) is 36.2 Å². The summed E-state index contributed by atoms with van der Waals surface area (Å²) in [5.74, 6) is 0.497. The van der Waals surface area contributed by atoms with Crippen LogP contribution in [0, 0.1) is 0 Å². The first kappa shape index (κ1) is 18.9. The molecule has 3 aromatic rings. The fraction of sp³-hybridized carbons (Fsp3) is 0.263. The van der Waals surface area contributed by atoms with Crippen LogP contribution in [0.15, 0.2) is 53.0 Å². The van der Waals surface area contributed by atoms with E-state index < -0.39 is 0 Å². The van der Waals surface area contributed by atoms with E-state index in [9.17, 15) is 4.79 Å². The number of hydrogen-bond acceptors (Lipinski definition) is 5. The summed E-state index contributed by atoms with van der Waals surface area (Å²) in [6.07, 6.45) is 0. The summed E-state index contributed by atoms with van der Waals surface area (Å²) in [5.41, 5.74) is 1.94. The Kier molecular flexibility index (Phi) is 5.59. The Balaban J connectivity index is 1.34. The maximum absolute atomic E-state index is 12.6. The van der Waals surface area contributed by atoms with Crippen LogP contribution in [0.4, 0.5) is 5.69 Å². The molecule has 1 aliphatic rings. The summed E-state index contributed by atoms with van der Waals surface area (Å²) < 4.78 is 0.982. The van der Waals surface area contributed by atoms with Crippen molar-refractivity contribution in [2.45, 2.75) is 6.54 Å². The summed E-state index contributed by atoms with van der Waals surface area (Å²) in [6, 6.07) is 15.4. The van der Waals surface area contributed by atoms with Crippen LogP contribution in [0.5, 0.6) is 0 Å². The molecule has 2 heterocycles. The van der Waals surface area contributed by atoms with Crippen LogP contribution in [-0.2, 0) is 11.3 Å². The first-order chi connectivity index (χ1) is 13.6. The van der Waals surface area contributed by atoms with Gasteiger partial charge < -0.3 is 9.80 Å². The van der Waals surface area contributed by atoms with Crippen molar-refractivity contribution in [2.24, 2.45) is 0 Å². The molecule has 0 spiro atoms. The lowest BCUT2D eigenvalue weighted by atomic mass is 10.2. The van der Waals surface area contributed by atoms with Crippen LogP contribution in [0.3, 0.4) is 0 Å². The lowest BCUT2D eigenvalue weighted by Gasteiger charge is -2.36. The average Bonchev–Trinajstić information content (AvgIpc) is 3.17. The molecule has 0 unspecified atom stereocenters. The highest BCUT2D eigenvalue weighted by Gasteiger charge is 2.22. The number of aromatic nitrogens is 4. The maximum atomic E-state index is 12.6. The SMILES string of the molecule is O=C(Cn1nnc(-c2ccc(Br)cc2)n1)N1CCN(c2cccc(Cl)c2)CC1. The number of nitrogens with zero attached hydrogens (tertiary/aromatic N) is 6. The quantitative estimate of drug-likeness (QED) is 0.597. The van der Waals surface area contributed by atoms with Gasteiger partial charge in [-0.15, -0.1) is 10.2 Å². The smallest absolute Gasteiger partial charge is 0.246 e. The van der Waals surface area contributed by atoms with Crippen molar-refractivity contribution in [2.75, 3.05) is 31.1 Å². The molecule has 1 amide bonds. The molecule has 0 saturated carbocycles. The Bertz CT molecular complexity index is 969. The van der Waals surface area contributed by atoms with Gasteiger partial charge in [-0.25, -0.2) is 0 Å². The number of benzene rings is 2. The number of halogens is 2. The van der Waals surface area contributed by atoms with Crippen molar-refractivity contribution in [1.82, 2.24) is 25.1 Å². The second-order valence-electron chi connectivity index (χ2n) is 6.50. The van der Waals surface area contributed by atoms with Crippen molar-refractivity contribution in [1.29, 1.82) is 0 Å². The minimum absolute atomic E-state index is 0.00880. The maximum Gasteiger partial charge on any atom is 0.246 e. The molecular weight excluding hydrogens is 444 g/mol. The van der Waals surface area contributed by atoms with Crippen LogP contribution in [0.25, 0.3) is 11.4 Å². The van der Waals surface area contributed by atoms with Crippen LogP contribution in [0.2, 0.25) is 5.02 Å². The Morgan fingerprint density at radius 3 is 2.54 bits per heavy atom. The molecule has 1 aromatic heterocycles. The highest BCUT2D eigenvalue weighted by molar-refractivity contribution is 9.10. The molecule has 0 aliphatic carbocycles. The van der Waals surface area contributed by atoms with Crippen molar-refractivity contribution in [3.05, 3.63) is 58.0 Å². The van der Waals surface area contributed by atoms with Gasteiger partial charge in [0.2, 0.25) is 11.7 Å². The van der Waals surface area contributed by atoms with E-state index in [0.717, 1.165) is 33.8 Å². The normalized spacial score (nSPS) is 14.4. The van der Waals surface area contributed by atoms with Crippen molar-refractivity contribution in [3.63, 3.8) is 0 Å². The molecule has 0 N–H and O–H groups in total. The standard InChI is InChI=1S/C19H18BrClN6O/c20-15-6-4-14(5-7-15)19-22-24-27(23-19)13-18(28)26-10-8-25(9-11-26)17-3-1-2-16(21)12-17/h1-7,12H,8-11,13H2. The molecule has 144 valence electrons. The number of amides is 1. The molecule has 9 heteroatoms. The van der Waals surface area contributed by atoms with Gasteiger partial charge in [-0.2, -0.15) is 4.80 Å². The third-order valence-electron chi connectivity index (χ3n) is 4.64. The zero-order chi connectivity index (χ0) is 19.5. The van der Waals surface area contributed by atoms with Crippen LogP contribution < -0.4 is 4.90 Å². The molecule has 0 radical (unpaired) electrons. The second kappa shape index (κ2) is 8.28. The van der Waals surface area contributed by atoms with Gasteiger partial charge in [-0.3, -0.25) is 4.79 Å². The highest BCUT2D eigenvalue weighted by atomic mass is 79.9. The fourth-order valence-electron chi connectivity index (χ4n) is 3.13. The number of piperazine rings is 1. The number of carbonyl (C=O) groups is 1. The predicted molar refractivity (Wildman–Crippen MR) is 111 cm³/mol. The summed E-state index contributed by atoms with van der Waals surface area (Å²) in [7, 11) is 0. The average molecular weight is 462 g/mol. The van der Waals surface area contributed by atoms with Gasteiger partial charge in [0.25, 0.3) is 0 Å². The number of rotatable bonds is 4. The molecule has 2 aromatic carbocycles. The van der Waals surface area contributed by atoms with E-state index in [-0.39, 0.29) is 12.5 Å². The van der Waals surface area contributed by atoms with Crippen molar-refractivity contribution in [3.8, 4) is 11.4 Å². The minimum atomic E-state index is -0.00880. The van der Waals surface area contributed by atoms with E-state index >= 15 is 0 Å². The number of anilines is 1. The predicted octanol–water partition coefficient (Wildman–Crippen LogP) is 3.10. The molecule has 1 fully saturated rings. The summed E-state index contributed by atoms with van der Waals surface area (Å²) >= 11 is 9.47. The Morgan fingerprint density at radius 2 is 1.82 bits per heavy atom. The molecule has 1 aliphatic heterocycles.